The van der Waals surface area contributed by atoms with E-state index in [0.29, 0.717) is 5.92 Å². The summed E-state index contributed by atoms with van der Waals surface area (Å²) in [5.41, 5.74) is 1.25. The molecule has 1 N–H and O–H groups in total. The zero-order valence-electron chi connectivity index (χ0n) is 15.3. The molecule has 1 aromatic carbocycles. The average Bonchev–Trinajstić information content (AvgIpc) is 3.12. The summed E-state index contributed by atoms with van der Waals surface area (Å²) in [6.45, 7) is 7.83. The van der Waals surface area contributed by atoms with Crippen LogP contribution in [0.3, 0.4) is 0 Å². The summed E-state index contributed by atoms with van der Waals surface area (Å²) in [6, 6.07) is 8.29. The monoisotopic (exact) mass is 411 g/mol. The Hall–Kier alpha value is -1.11. The van der Waals surface area contributed by atoms with E-state index in [1.165, 1.54) is 5.56 Å². The predicted octanol–water partition coefficient (Wildman–Crippen LogP) is 3.29. The first-order valence-corrected chi connectivity index (χ1v) is 9.88. The van der Waals surface area contributed by atoms with E-state index in [-0.39, 0.29) is 0 Å². The van der Waals surface area contributed by atoms with Crippen molar-refractivity contribution in [2.45, 2.75) is 26.3 Å². The van der Waals surface area contributed by atoms with Gasteiger partial charge >= 0.3 is 0 Å². The van der Waals surface area contributed by atoms with Gasteiger partial charge in [0.05, 0.1) is 13.2 Å². The predicted molar refractivity (Wildman–Crippen MR) is 106 cm³/mol. The molecule has 1 aliphatic rings. The van der Waals surface area contributed by atoms with Crippen molar-refractivity contribution < 1.29 is 9.47 Å². The lowest BCUT2D eigenvalue weighted by Gasteiger charge is -2.22. The topological polar surface area (TPSA) is 46.1 Å². The second-order valence-corrected chi connectivity index (χ2v) is 7.20. The summed E-state index contributed by atoms with van der Waals surface area (Å²) in [7, 11) is 2.07. The van der Waals surface area contributed by atoms with Crippen molar-refractivity contribution in [3.63, 3.8) is 0 Å². The standard InChI is InChI=1S/C19H30BrN3O2/c1-3-21-19(23(2)13-17-7-4-5-8-18(17)20)22-10-6-11-24-14-16-9-12-25-15-16/h4-5,7-8,16H,3,6,9-15H2,1-2H3,(H,21,22). The van der Waals surface area contributed by atoms with Crippen LogP contribution in [0.4, 0.5) is 0 Å². The molecule has 25 heavy (non-hydrogen) atoms. The first kappa shape index (κ1) is 20.2. The van der Waals surface area contributed by atoms with Gasteiger partial charge in [0, 0.05) is 50.3 Å². The average molecular weight is 412 g/mol. The zero-order valence-corrected chi connectivity index (χ0v) is 16.9. The van der Waals surface area contributed by atoms with Crippen LogP contribution in [0.15, 0.2) is 33.7 Å². The highest BCUT2D eigenvalue weighted by atomic mass is 79.9. The third-order valence-corrected chi connectivity index (χ3v) is 4.92. The van der Waals surface area contributed by atoms with Crippen LogP contribution in [0.1, 0.15) is 25.3 Å². The van der Waals surface area contributed by atoms with E-state index in [2.05, 4.69) is 58.3 Å². The number of hydrogen-bond donors (Lipinski definition) is 1. The number of nitrogens with one attached hydrogen (secondary N) is 1. The number of hydrogen-bond acceptors (Lipinski definition) is 3. The number of benzene rings is 1. The van der Waals surface area contributed by atoms with Crippen molar-refractivity contribution in [3.05, 3.63) is 34.3 Å². The smallest absolute Gasteiger partial charge is 0.193 e. The summed E-state index contributed by atoms with van der Waals surface area (Å²) in [5.74, 6) is 1.51. The van der Waals surface area contributed by atoms with E-state index in [0.717, 1.165) is 69.3 Å². The molecule has 0 radical (unpaired) electrons. The molecule has 1 unspecified atom stereocenters. The first-order chi connectivity index (χ1) is 12.2. The molecular formula is C19H30BrN3O2. The molecule has 1 atom stereocenters. The molecule has 0 saturated carbocycles. The Morgan fingerprint density at radius 3 is 3.00 bits per heavy atom. The lowest BCUT2D eigenvalue weighted by molar-refractivity contribution is 0.0893. The summed E-state index contributed by atoms with van der Waals surface area (Å²) in [6.07, 6.45) is 2.06. The Morgan fingerprint density at radius 1 is 1.44 bits per heavy atom. The Morgan fingerprint density at radius 2 is 2.28 bits per heavy atom. The minimum absolute atomic E-state index is 0.580. The molecular weight excluding hydrogens is 382 g/mol. The molecule has 1 aromatic rings. The quantitative estimate of drug-likeness (QED) is 0.384. The number of ether oxygens (including phenoxy) is 2. The van der Waals surface area contributed by atoms with Gasteiger partial charge in [0.1, 0.15) is 0 Å². The van der Waals surface area contributed by atoms with Gasteiger partial charge in [-0.1, -0.05) is 34.1 Å². The van der Waals surface area contributed by atoms with Gasteiger partial charge in [-0.3, -0.25) is 4.99 Å². The van der Waals surface area contributed by atoms with Crippen LogP contribution in [0.25, 0.3) is 0 Å². The fourth-order valence-corrected chi connectivity index (χ4v) is 3.15. The second kappa shape index (κ2) is 11.5. The molecule has 0 spiro atoms. The van der Waals surface area contributed by atoms with E-state index in [4.69, 9.17) is 14.5 Å². The van der Waals surface area contributed by atoms with Crippen molar-refractivity contribution >= 4 is 21.9 Å². The minimum Gasteiger partial charge on any atom is -0.381 e. The van der Waals surface area contributed by atoms with Gasteiger partial charge < -0.3 is 19.7 Å². The number of halogens is 1. The van der Waals surface area contributed by atoms with Crippen LogP contribution >= 0.6 is 15.9 Å². The van der Waals surface area contributed by atoms with Crippen LogP contribution in [0.2, 0.25) is 0 Å². The SMILES string of the molecule is CCNC(=NCCCOCC1CCOC1)N(C)Cc1ccccc1Br. The molecule has 1 aliphatic heterocycles. The maximum absolute atomic E-state index is 5.74. The number of rotatable bonds is 9. The number of nitrogens with zero attached hydrogens (tertiary/aromatic N) is 2. The highest BCUT2D eigenvalue weighted by Crippen LogP contribution is 2.17. The van der Waals surface area contributed by atoms with E-state index in [1.807, 2.05) is 6.07 Å². The first-order valence-electron chi connectivity index (χ1n) is 9.09. The largest absolute Gasteiger partial charge is 0.381 e. The van der Waals surface area contributed by atoms with E-state index in [1.54, 1.807) is 0 Å². The van der Waals surface area contributed by atoms with Gasteiger partial charge in [0.15, 0.2) is 5.96 Å². The summed E-state index contributed by atoms with van der Waals surface area (Å²) >= 11 is 3.61. The van der Waals surface area contributed by atoms with E-state index in [9.17, 15) is 0 Å². The summed E-state index contributed by atoms with van der Waals surface area (Å²) < 4.78 is 12.2. The van der Waals surface area contributed by atoms with Crippen molar-refractivity contribution in [1.82, 2.24) is 10.2 Å². The van der Waals surface area contributed by atoms with Crippen molar-refractivity contribution in [2.75, 3.05) is 46.6 Å². The Bertz CT molecular complexity index is 533. The summed E-state index contributed by atoms with van der Waals surface area (Å²) in [5, 5.41) is 3.36. The van der Waals surface area contributed by atoms with Crippen LogP contribution in [0.5, 0.6) is 0 Å². The van der Waals surface area contributed by atoms with Crippen LogP contribution in [-0.4, -0.2) is 57.4 Å². The Kier molecular flexibility index (Phi) is 9.29. The van der Waals surface area contributed by atoms with Crippen LogP contribution in [-0.2, 0) is 16.0 Å². The minimum atomic E-state index is 0.580. The second-order valence-electron chi connectivity index (χ2n) is 6.34. The van der Waals surface area contributed by atoms with Gasteiger partial charge in [-0.05, 0) is 31.4 Å². The van der Waals surface area contributed by atoms with E-state index < -0.39 is 0 Å². The maximum Gasteiger partial charge on any atom is 0.193 e. The van der Waals surface area contributed by atoms with Gasteiger partial charge in [-0.25, -0.2) is 0 Å². The lowest BCUT2D eigenvalue weighted by atomic mass is 10.1. The molecule has 2 rings (SSSR count). The molecule has 1 heterocycles. The third kappa shape index (κ3) is 7.34. The molecule has 0 bridgehead atoms. The van der Waals surface area contributed by atoms with Gasteiger partial charge in [0.25, 0.3) is 0 Å². The Labute approximate surface area is 159 Å². The van der Waals surface area contributed by atoms with Gasteiger partial charge in [0.2, 0.25) is 0 Å². The highest BCUT2D eigenvalue weighted by Gasteiger charge is 2.15. The van der Waals surface area contributed by atoms with Crippen molar-refractivity contribution in [3.8, 4) is 0 Å². The third-order valence-electron chi connectivity index (χ3n) is 4.15. The molecule has 0 amide bonds. The molecule has 0 aromatic heterocycles. The number of guanidine groups is 1. The van der Waals surface area contributed by atoms with Gasteiger partial charge in [-0.2, -0.15) is 0 Å². The number of aliphatic imine (C=N–C) groups is 1. The molecule has 5 nitrogen and oxygen atoms in total. The maximum atomic E-state index is 5.74. The molecule has 6 heteroatoms. The van der Waals surface area contributed by atoms with Crippen molar-refractivity contribution in [1.29, 1.82) is 0 Å². The molecule has 1 fully saturated rings. The van der Waals surface area contributed by atoms with Crippen LogP contribution < -0.4 is 5.32 Å². The zero-order chi connectivity index (χ0) is 17.9. The fraction of sp³-hybridized carbons (Fsp3) is 0.632. The Balaban J connectivity index is 1.73. The highest BCUT2D eigenvalue weighted by molar-refractivity contribution is 9.10. The van der Waals surface area contributed by atoms with Gasteiger partial charge in [-0.15, -0.1) is 0 Å². The van der Waals surface area contributed by atoms with E-state index >= 15 is 0 Å². The molecule has 0 aliphatic carbocycles. The summed E-state index contributed by atoms with van der Waals surface area (Å²) in [4.78, 5) is 6.87. The fourth-order valence-electron chi connectivity index (χ4n) is 2.74. The molecule has 1 saturated heterocycles. The molecule has 140 valence electrons. The lowest BCUT2D eigenvalue weighted by Crippen LogP contribution is -2.38. The van der Waals surface area contributed by atoms with Crippen LogP contribution in [0, 0.1) is 5.92 Å². The van der Waals surface area contributed by atoms with Crippen molar-refractivity contribution in [2.24, 2.45) is 10.9 Å². The normalized spacial score (nSPS) is 17.7.